The number of ether oxygens (including phenoxy) is 1. The number of aromatic nitrogens is 3. The SMILES string of the molecule is COc1cccc(C)c1Nc1nc(C)c(-c2nc3ccccc3s2)c(NC2(O)CCC(CO)C2O)n1. The number of thiazole rings is 1. The highest BCUT2D eigenvalue weighted by Gasteiger charge is 2.47. The Kier molecular flexibility index (Phi) is 6.52. The van der Waals surface area contributed by atoms with E-state index in [2.05, 4.69) is 10.6 Å². The van der Waals surface area contributed by atoms with Gasteiger partial charge < -0.3 is 30.7 Å². The van der Waals surface area contributed by atoms with Crippen LogP contribution in [0.4, 0.5) is 17.5 Å². The van der Waals surface area contributed by atoms with Crippen LogP contribution in [0.25, 0.3) is 20.8 Å². The Bertz CT molecular complexity index is 1380. The fraction of sp³-hybridized carbons (Fsp3) is 0.346. The minimum Gasteiger partial charge on any atom is -0.495 e. The summed E-state index contributed by atoms with van der Waals surface area (Å²) in [6.07, 6.45) is -0.419. The predicted octanol–water partition coefficient (Wildman–Crippen LogP) is 3.99. The maximum atomic E-state index is 11.3. The number of methoxy groups -OCH3 is 1. The maximum absolute atomic E-state index is 11.3. The average Bonchev–Trinajstić information content (AvgIpc) is 3.40. The molecule has 1 aliphatic rings. The Hall–Kier alpha value is -3.31. The molecule has 0 radical (unpaired) electrons. The molecule has 2 aromatic heterocycles. The van der Waals surface area contributed by atoms with Crippen LogP contribution in [0.5, 0.6) is 5.75 Å². The molecule has 2 aromatic carbocycles. The minimum absolute atomic E-state index is 0.210. The summed E-state index contributed by atoms with van der Waals surface area (Å²) in [5.74, 6) is 0.876. The molecular formula is C26H29N5O4S. The highest BCUT2D eigenvalue weighted by atomic mass is 32.1. The van der Waals surface area contributed by atoms with E-state index in [1.54, 1.807) is 7.11 Å². The number of nitrogens with one attached hydrogen (secondary N) is 2. The molecule has 0 bridgehead atoms. The molecule has 0 amide bonds. The number of benzene rings is 2. The van der Waals surface area contributed by atoms with Crippen molar-refractivity contribution in [2.45, 2.75) is 38.5 Å². The second-order valence-electron chi connectivity index (χ2n) is 9.10. The fourth-order valence-corrected chi connectivity index (χ4v) is 5.73. The number of aliphatic hydroxyl groups is 3. The normalized spacial score (nSPS) is 21.6. The second kappa shape index (κ2) is 9.62. The van der Waals surface area contributed by atoms with Gasteiger partial charge in [-0.3, -0.25) is 0 Å². The zero-order chi connectivity index (χ0) is 25.4. The standard InChI is InChI=1S/C26H29N5O4S/c1-14-7-6-9-18(35-3)21(14)29-25-27-15(2)20(24-28-17-8-4-5-10-19(17)36-24)23(30-25)31-26(34)12-11-16(13-32)22(26)33/h4-10,16,22,32-34H,11-13H2,1-3H3,(H2,27,29,30,31). The van der Waals surface area contributed by atoms with Crippen LogP contribution >= 0.6 is 11.3 Å². The first-order valence-corrected chi connectivity index (χ1v) is 12.6. The lowest BCUT2D eigenvalue weighted by Crippen LogP contribution is -2.48. The smallest absolute Gasteiger partial charge is 0.229 e. The summed E-state index contributed by atoms with van der Waals surface area (Å²) in [5, 5.41) is 38.8. The zero-order valence-electron chi connectivity index (χ0n) is 20.3. The molecule has 9 nitrogen and oxygen atoms in total. The number of nitrogens with zero attached hydrogens (tertiary/aromatic N) is 3. The molecule has 5 N–H and O–H groups in total. The van der Waals surface area contributed by atoms with Gasteiger partial charge in [-0.05, 0) is 50.5 Å². The maximum Gasteiger partial charge on any atom is 0.229 e. The fourth-order valence-electron chi connectivity index (χ4n) is 4.67. The van der Waals surface area contributed by atoms with Gasteiger partial charge in [0.1, 0.15) is 22.7 Å². The minimum atomic E-state index is -1.66. The van der Waals surface area contributed by atoms with Gasteiger partial charge in [-0.15, -0.1) is 11.3 Å². The van der Waals surface area contributed by atoms with Gasteiger partial charge in [0, 0.05) is 12.5 Å². The summed E-state index contributed by atoms with van der Waals surface area (Å²) >= 11 is 1.50. The Morgan fingerprint density at radius 1 is 1.11 bits per heavy atom. The van der Waals surface area contributed by atoms with Gasteiger partial charge >= 0.3 is 0 Å². The molecule has 36 heavy (non-hydrogen) atoms. The van der Waals surface area contributed by atoms with Crippen LogP contribution in [0.15, 0.2) is 42.5 Å². The molecule has 0 spiro atoms. The topological polar surface area (TPSA) is 133 Å². The molecule has 188 valence electrons. The summed E-state index contributed by atoms with van der Waals surface area (Å²) in [7, 11) is 1.60. The Morgan fingerprint density at radius 2 is 1.92 bits per heavy atom. The van der Waals surface area contributed by atoms with Crippen molar-refractivity contribution in [2.24, 2.45) is 5.92 Å². The van der Waals surface area contributed by atoms with Crippen molar-refractivity contribution in [3.63, 3.8) is 0 Å². The predicted molar refractivity (Wildman–Crippen MR) is 141 cm³/mol. The van der Waals surface area contributed by atoms with Gasteiger partial charge in [0.2, 0.25) is 5.95 Å². The summed E-state index contributed by atoms with van der Waals surface area (Å²) in [5.41, 5.74) is 2.18. The number of para-hydroxylation sites is 2. The van der Waals surface area contributed by atoms with Gasteiger partial charge in [0.05, 0.1) is 34.3 Å². The van der Waals surface area contributed by atoms with E-state index in [-0.39, 0.29) is 13.0 Å². The number of fused-ring (bicyclic) bond motifs is 1. The number of aryl methyl sites for hydroxylation is 2. The molecule has 1 fully saturated rings. The van der Waals surface area contributed by atoms with Crippen molar-refractivity contribution >= 4 is 39.0 Å². The van der Waals surface area contributed by atoms with Gasteiger partial charge in [-0.1, -0.05) is 24.3 Å². The highest BCUT2D eigenvalue weighted by Crippen LogP contribution is 2.41. The molecule has 1 saturated carbocycles. The lowest BCUT2D eigenvalue weighted by molar-refractivity contribution is -0.0545. The first kappa shape index (κ1) is 24.4. The zero-order valence-corrected chi connectivity index (χ0v) is 21.1. The van der Waals surface area contributed by atoms with Gasteiger partial charge in [-0.2, -0.15) is 4.98 Å². The van der Waals surface area contributed by atoms with Crippen molar-refractivity contribution in [3.8, 4) is 16.3 Å². The molecular weight excluding hydrogens is 478 g/mol. The second-order valence-corrected chi connectivity index (χ2v) is 10.1. The van der Waals surface area contributed by atoms with E-state index in [9.17, 15) is 15.3 Å². The van der Waals surface area contributed by atoms with Gasteiger partial charge in [-0.25, -0.2) is 9.97 Å². The van der Waals surface area contributed by atoms with Crippen LogP contribution in [0.1, 0.15) is 24.1 Å². The Morgan fingerprint density at radius 3 is 2.64 bits per heavy atom. The Labute approximate surface area is 212 Å². The first-order chi connectivity index (χ1) is 17.3. The molecule has 4 aromatic rings. The van der Waals surface area contributed by atoms with Crippen LogP contribution in [0.3, 0.4) is 0 Å². The van der Waals surface area contributed by atoms with Crippen LogP contribution in [-0.4, -0.2) is 55.8 Å². The van der Waals surface area contributed by atoms with Crippen molar-refractivity contribution in [2.75, 3.05) is 24.4 Å². The molecule has 2 heterocycles. The number of anilines is 3. The van der Waals surface area contributed by atoms with E-state index >= 15 is 0 Å². The van der Waals surface area contributed by atoms with Crippen LogP contribution in [-0.2, 0) is 0 Å². The first-order valence-electron chi connectivity index (χ1n) is 11.8. The van der Waals surface area contributed by atoms with Crippen molar-refractivity contribution in [1.82, 2.24) is 15.0 Å². The lowest BCUT2D eigenvalue weighted by Gasteiger charge is -2.31. The molecule has 3 unspecified atom stereocenters. The van der Waals surface area contributed by atoms with Crippen molar-refractivity contribution < 1.29 is 20.1 Å². The summed E-state index contributed by atoms with van der Waals surface area (Å²) in [6.45, 7) is 3.61. The van der Waals surface area contributed by atoms with E-state index < -0.39 is 17.7 Å². The monoisotopic (exact) mass is 507 g/mol. The van der Waals surface area contributed by atoms with E-state index in [4.69, 9.17) is 19.7 Å². The molecule has 3 atom stereocenters. The van der Waals surface area contributed by atoms with Crippen molar-refractivity contribution in [3.05, 3.63) is 53.7 Å². The molecule has 0 saturated heterocycles. The third-order valence-corrected chi connectivity index (χ3v) is 7.74. The molecule has 0 aliphatic heterocycles. The third kappa shape index (κ3) is 4.37. The van der Waals surface area contributed by atoms with Gasteiger partial charge in [0.15, 0.2) is 5.72 Å². The number of hydrogen-bond donors (Lipinski definition) is 5. The van der Waals surface area contributed by atoms with Crippen LogP contribution in [0.2, 0.25) is 0 Å². The summed E-state index contributed by atoms with van der Waals surface area (Å²) < 4.78 is 6.53. The molecule has 1 aliphatic carbocycles. The number of hydrogen-bond acceptors (Lipinski definition) is 10. The molecule has 10 heteroatoms. The third-order valence-electron chi connectivity index (χ3n) is 6.69. The lowest BCUT2D eigenvalue weighted by atomic mass is 10.0. The van der Waals surface area contributed by atoms with E-state index in [1.807, 2.05) is 56.3 Å². The average molecular weight is 508 g/mol. The van der Waals surface area contributed by atoms with Crippen molar-refractivity contribution in [1.29, 1.82) is 0 Å². The summed E-state index contributed by atoms with van der Waals surface area (Å²) in [6, 6.07) is 13.6. The van der Waals surface area contributed by atoms with Gasteiger partial charge in [0.25, 0.3) is 0 Å². The van der Waals surface area contributed by atoms with Crippen LogP contribution in [0, 0.1) is 19.8 Å². The molecule has 5 rings (SSSR count). The van der Waals surface area contributed by atoms with E-state index in [0.29, 0.717) is 40.2 Å². The summed E-state index contributed by atoms with van der Waals surface area (Å²) in [4.78, 5) is 14.2. The largest absolute Gasteiger partial charge is 0.495 e. The highest BCUT2D eigenvalue weighted by molar-refractivity contribution is 7.21. The Balaban J connectivity index is 1.62. The number of aliphatic hydroxyl groups excluding tert-OH is 2. The van der Waals surface area contributed by atoms with Crippen LogP contribution < -0.4 is 15.4 Å². The van der Waals surface area contributed by atoms with E-state index in [0.717, 1.165) is 21.5 Å². The number of rotatable bonds is 7. The van der Waals surface area contributed by atoms with E-state index in [1.165, 1.54) is 11.3 Å². The quantitative estimate of drug-likeness (QED) is 0.236.